The number of unbranched alkanes of at least 4 members (excludes halogenated alkanes) is 1. The van der Waals surface area contributed by atoms with Crippen LogP contribution in [0.2, 0.25) is 0 Å². The smallest absolute Gasteiger partial charge is 0.183 e. The second kappa shape index (κ2) is 7.98. The lowest BCUT2D eigenvalue weighted by molar-refractivity contribution is -0.112. The molecule has 0 aromatic rings. The minimum absolute atomic E-state index is 0.0881. The molecule has 0 aromatic carbocycles. The largest absolute Gasteiger partial charge is 0.289 e. The molecule has 0 unspecified atom stereocenters. The first-order valence-electron chi connectivity index (χ1n) is 5.26. The third-order valence-electron chi connectivity index (χ3n) is 2.12. The highest BCUT2D eigenvalue weighted by Gasteiger charge is 2.07. The number of hydrogen-bond donors (Lipinski definition) is 0. The summed E-state index contributed by atoms with van der Waals surface area (Å²) in [5.41, 5.74) is 1.49. The fourth-order valence-electron chi connectivity index (χ4n) is 1.27. The number of allylic oxidation sites excluding steroid dienone is 6. The van der Waals surface area contributed by atoms with Gasteiger partial charge in [-0.3, -0.25) is 4.79 Å². The molecule has 0 fully saturated rings. The van der Waals surface area contributed by atoms with E-state index in [2.05, 4.69) is 19.2 Å². The maximum Gasteiger partial charge on any atom is 0.183 e. The summed E-state index contributed by atoms with van der Waals surface area (Å²) in [6.45, 7) is 10.9. The molecule has 15 heavy (non-hydrogen) atoms. The predicted molar refractivity (Wildman–Crippen MR) is 66.8 cm³/mol. The first-order chi connectivity index (χ1) is 7.13. The first-order valence-corrected chi connectivity index (χ1v) is 5.26. The van der Waals surface area contributed by atoms with Gasteiger partial charge in [0.15, 0.2) is 5.78 Å². The topological polar surface area (TPSA) is 17.1 Å². The highest BCUT2D eigenvalue weighted by Crippen LogP contribution is 2.12. The van der Waals surface area contributed by atoms with Crippen molar-refractivity contribution in [2.45, 2.75) is 33.1 Å². The number of carbonyl (C=O) groups excluding carboxylic acids is 1. The Morgan fingerprint density at radius 2 is 2.07 bits per heavy atom. The number of carbonyl (C=O) groups is 1. The van der Waals surface area contributed by atoms with Crippen LogP contribution in [-0.2, 0) is 4.79 Å². The van der Waals surface area contributed by atoms with Gasteiger partial charge in [-0.05, 0) is 44.3 Å². The third kappa shape index (κ3) is 5.84. The molecule has 0 rings (SSSR count). The molecule has 0 saturated heterocycles. The van der Waals surface area contributed by atoms with Crippen LogP contribution in [0.25, 0.3) is 0 Å². The van der Waals surface area contributed by atoms with Crippen molar-refractivity contribution in [3.63, 3.8) is 0 Å². The van der Waals surface area contributed by atoms with Crippen LogP contribution in [0.3, 0.4) is 0 Å². The summed E-state index contributed by atoms with van der Waals surface area (Å²) < 4.78 is 0. The zero-order valence-corrected chi connectivity index (χ0v) is 9.75. The van der Waals surface area contributed by atoms with Crippen LogP contribution in [-0.4, -0.2) is 5.78 Å². The Hall–Kier alpha value is -1.37. The maximum atomic E-state index is 11.6. The van der Waals surface area contributed by atoms with Crippen molar-refractivity contribution in [2.24, 2.45) is 0 Å². The molecule has 0 aliphatic carbocycles. The van der Waals surface area contributed by atoms with Gasteiger partial charge in [-0.25, -0.2) is 0 Å². The molecule has 0 aromatic heterocycles. The molecular weight excluding hydrogens is 184 g/mol. The normalized spacial score (nSPS) is 11.7. The summed E-state index contributed by atoms with van der Waals surface area (Å²) in [5, 5.41) is 0. The van der Waals surface area contributed by atoms with Crippen molar-refractivity contribution in [1.29, 1.82) is 0 Å². The number of Topliss-reactive ketones (excluding diaryl/α,β-unsaturated/α-hetero) is 1. The average molecular weight is 204 g/mol. The quantitative estimate of drug-likeness (QED) is 0.348. The van der Waals surface area contributed by atoms with E-state index in [0.717, 1.165) is 24.8 Å². The van der Waals surface area contributed by atoms with Crippen molar-refractivity contribution in [3.8, 4) is 0 Å². The van der Waals surface area contributed by atoms with Crippen LogP contribution in [0.15, 0.2) is 48.6 Å². The fraction of sp³-hybridized carbons (Fsp3) is 0.357. The van der Waals surface area contributed by atoms with E-state index < -0.39 is 0 Å². The van der Waals surface area contributed by atoms with E-state index in [4.69, 9.17) is 0 Å². The minimum Gasteiger partial charge on any atom is -0.289 e. The highest BCUT2D eigenvalue weighted by molar-refractivity contribution is 6.07. The van der Waals surface area contributed by atoms with E-state index in [9.17, 15) is 4.79 Å². The number of hydrogen-bond acceptors (Lipinski definition) is 1. The van der Waals surface area contributed by atoms with Gasteiger partial charge in [0.05, 0.1) is 0 Å². The molecule has 0 bridgehead atoms. The summed E-state index contributed by atoms with van der Waals surface area (Å²) >= 11 is 0. The van der Waals surface area contributed by atoms with Gasteiger partial charge in [0, 0.05) is 0 Å². The lowest BCUT2D eigenvalue weighted by Crippen LogP contribution is -2.02. The van der Waals surface area contributed by atoms with Gasteiger partial charge in [0.25, 0.3) is 0 Å². The SMILES string of the molecule is C=C/C=C/CCC/C(=C\C)C(=O)C(=C)C. The van der Waals surface area contributed by atoms with Gasteiger partial charge in [0.2, 0.25) is 0 Å². The molecule has 0 N–H and O–H groups in total. The molecule has 1 nitrogen and oxygen atoms in total. The number of ketones is 1. The molecule has 0 heterocycles. The first kappa shape index (κ1) is 13.6. The van der Waals surface area contributed by atoms with Gasteiger partial charge in [-0.1, -0.05) is 37.5 Å². The third-order valence-corrected chi connectivity index (χ3v) is 2.12. The van der Waals surface area contributed by atoms with Crippen LogP contribution >= 0.6 is 0 Å². The molecule has 0 atom stereocenters. The van der Waals surface area contributed by atoms with Gasteiger partial charge in [-0.2, -0.15) is 0 Å². The van der Waals surface area contributed by atoms with Crippen molar-refractivity contribution >= 4 is 5.78 Å². The molecule has 0 saturated carbocycles. The van der Waals surface area contributed by atoms with E-state index in [0.29, 0.717) is 5.57 Å². The van der Waals surface area contributed by atoms with Gasteiger partial charge in [-0.15, -0.1) is 0 Å². The summed E-state index contributed by atoms with van der Waals surface area (Å²) in [6, 6.07) is 0. The van der Waals surface area contributed by atoms with Crippen LogP contribution < -0.4 is 0 Å². The van der Waals surface area contributed by atoms with Crippen molar-refractivity contribution < 1.29 is 4.79 Å². The Balaban J connectivity index is 4.03. The van der Waals surface area contributed by atoms with E-state index in [1.807, 2.05) is 19.1 Å². The molecular formula is C14H20O. The molecule has 0 amide bonds. The second-order valence-electron chi connectivity index (χ2n) is 3.48. The van der Waals surface area contributed by atoms with Gasteiger partial charge in [0.1, 0.15) is 0 Å². The fourth-order valence-corrected chi connectivity index (χ4v) is 1.27. The van der Waals surface area contributed by atoms with Crippen molar-refractivity contribution in [3.05, 3.63) is 48.6 Å². The molecule has 0 radical (unpaired) electrons. The summed E-state index contributed by atoms with van der Waals surface area (Å²) in [4.78, 5) is 11.6. The Kier molecular flexibility index (Phi) is 7.25. The Morgan fingerprint density at radius 3 is 2.53 bits per heavy atom. The van der Waals surface area contributed by atoms with Crippen molar-refractivity contribution in [2.75, 3.05) is 0 Å². The lowest BCUT2D eigenvalue weighted by Gasteiger charge is -2.04. The van der Waals surface area contributed by atoms with Crippen LogP contribution in [0.5, 0.6) is 0 Å². The van der Waals surface area contributed by atoms with Crippen LogP contribution in [0.4, 0.5) is 0 Å². The Bertz CT molecular complexity index is 292. The van der Waals surface area contributed by atoms with Gasteiger partial charge >= 0.3 is 0 Å². The van der Waals surface area contributed by atoms with E-state index >= 15 is 0 Å². The monoisotopic (exact) mass is 204 g/mol. The molecule has 0 spiro atoms. The van der Waals surface area contributed by atoms with E-state index in [1.165, 1.54) is 0 Å². The average Bonchev–Trinajstić information content (AvgIpc) is 2.22. The highest BCUT2D eigenvalue weighted by atomic mass is 16.1. The van der Waals surface area contributed by atoms with Crippen LogP contribution in [0, 0.1) is 0 Å². The second-order valence-corrected chi connectivity index (χ2v) is 3.48. The van der Waals surface area contributed by atoms with E-state index in [1.54, 1.807) is 13.0 Å². The summed E-state index contributed by atoms with van der Waals surface area (Å²) in [5.74, 6) is 0.0881. The summed E-state index contributed by atoms with van der Waals surface area (Å²) in [6.07, 6.45) is 10.4. The molecule has 82 valence electrons. The molecule has 1 heteroatoms. The molecule has 0 aliphatic heterocycles. The van der Waals surface area contributed by atoms with Crippen LogP contribution in [0.1, 0.15) is 33.1 Å². The minimum atomic E-state index is 0.0881. The van der Waals surface area contributed by atoms with Crippen molar-refractivity contribution in [1.82, 2.24) is 0 Å². The standard InChI is InChI=1S/C14H20O/c1-5-7-8-9-10-11-13(6-2)14(15)12(3)4/h5-8H,1,3,9-11H2,2,4H3/b8-7+,13-6+. The van der Waals surface area contributed by atoms with Gasteiger partial charge < -0.3 is 0 Å². The lowest BCUT2D eigenvalue weighted by atomic mass is 10.0. The Morgan fingerprint density at radius 1 is 1.40 bits per heavy atom. The molecule has 0 aliphatic rings. The summed E-state index contributed by atoms with van der Waals surface area (Å²) in [7, 11) is 0. The maximum absolute atomic E-state index is 11.6. The zero-order valence-electron chi connectivity index (χ0n) is 9.75. The number of rotatable bonds is 7. The Labute approximate surface area is 92.9 Å². The zero-order chi connectivity index (χ0) is 11.7. The predicted octanol–water partition coefficient (Wildman–Crippen LogP) is 3.99. The van der Waals surface area contributed by atoms with E-state index in [-0.39, 0.29) is 5.78 Å².